The Hall–Kier alpha value is -1.62. The second-order valence-corrected chi connectivity index (χ2v) is 7.06. The fourth-order valence-electron chi connectivity index (χ4n) is 3.12. The summed E-state index contributed by atoms with van der Waals surface area (Å²) in [6.45, 7) is 2.32. The highest BCUT2D eigenvalue weighted by Gasteiger charge is 2.40. The standard InChI is InChI=1S/C15H23N5O4S/c1-3-9(21)11-6-10(22)13(24-11)20-12-8(7-17-14(16)18-12)19(15(20)23)4-5-25-2/h7,9-11,13,21-22H,3-6H2,1-2H3,(H2,16,17,18)/t9?,10-,11+,13-/m1/s1. The van der Waals surface area contributed by atoms with E-state index in [4.69, 9.17) is 10.5 Å². The van der Waals surface area contributed by atoms with Crippen LogP contribution in [0.2, 0.25) is 0 Å². The van der Waals surface area contributed by atoms with Crippen molar-refractivity contribution < 1.29 is 14.9 Å². The molecular formula is C15H23N5O4S. The molecule has 3 rings (SSSR count). The number of fused-ring (bicyclic) bond motifs is 1. The fourth-order valence-corrected chi connectivity index (χ4v) is 3.49. The lowest BCUT2D eigenvalue weighted by Crippen LogP contribution is -2.32. The van der Waals surface area contributed by atoms with Crippen LogP contribution in [0.15, 0.2) is 11.0 Å². The highest BCUT2D eigenvalue weighted by molar-refractivity contribution is 7.98. The molecule has 1 aliphatic rings. The maximum atomic E-state index is 12.9. The molecule has 25 heavy (non-hydrogen) atoms. The van der Waals surface area contributed by atoms with Gasteiger partial charge in [0.25, 0.3) is 0 Å². The number of anilines is 1. The maximum absolute atomic E-state index is 12.9. The second-order valence-electron chi connectivity index (χ2n) is 6.08. The zero-order chi connectivity index (χ0) is 18.1. The van der Waals surface area contributed by atoms with Gasteiger partial charge in [-0.25, -0.2) is 14.3 Å². The van der Waals surface area contributed by atoms with Gasteiger partial charge in [-0.05, 0) is 12.7 Å². The zero-order valence-corrected chi connectivity index (χ0v) is 15.0. The van der Waals surface area contributed by atoms with E-state index in [1.165, 1.54) is 10.8 Å². The van der Waals surface area contributed by atoms with Crippen LogP contribution in [0, 0.1) is 0 Å². The van der Waals surface area contributed by atoms with Crippen LogP contribution >= 0.6 is 11.8 Å². The molecule has 3 heterocycles. The Morgan fingerprint density at radius 2 is 2.32 bits per heavy atom. The van der Waals surface area contributed by atoms with Crippen molar-refractivity contribution >= 4 is 28.9 Å². The van der Waals surface area contributed by atoms with E-state index < -0.39 is 24.5 Å². The summed E-state index contributed by atoms with van der Waals surface area (Å²) < 4.78 is 8.68. The molecule has 0 aliphatic carbocycles. The van der Waals surface area contributed by atoms with Crippen LogP contribution in [-0.2, 0) is 11.3 Å². The number of aliphatic hydroxyl groups is 2. The van der Waals surface area contributed by atoms with E-state index in [-0.39, 0.29) is 18.1 Å². The SMILES string of the molecule is CCC(O)[C@@H]1C[C@@H](O)[C@H](n2c(=O)n(CCSC)c3cnc(N)nc32)O1. The summed E-state index contributed by atoms with van der Waals surface area (Å²) in [6, 6.07) is 0. The molecule has 1 unspecified atom stereocenters. The molecule has 1 aliphatic heterocycles. The molecule has 1 fully saturated rings. The van der Waals surface area contributed by atoms with Gasteiger partial charge in [-0.1, -0.05) is 6.92 Å². The summed E-state index contributed by atoms with van der Waals surface area (Å²) in [5.41, 5.74) is 6.23. The lowest BCUT2D eigenvalue weighted by molar-refractivity contribution is -0.0759. The Morgan fingerprint density at radius 1 is 1.56 bits per heavy atom. The van der Waals surface area contributed by atoms with E-state index >= 15 is 0 Å². The molecule has 9 nitrogen and oxygen atoms in total. The molecule has 0 radical (unpaired) electrons. The van der Waals surface area contributed by atoms with Crippen LogP contribution in [0.5, 0.6) is 0 Å². The number of ether oxygens (including phenoxy) is 1. The van der Waals surface area contributed by atoms with E-state index in [9.17, 15) is 15.0 Å². The van der Waals surface area contributed by atoms with E-state index in [2.05, 4.69) is 9.97 Å². The lowest BCUT2D eigenvalue weighted by atomic mass is 10.1. The van der Waals surface area contributed by atoms with Gasteiger partial charge >= 0.3 is 5.69 Å². The number of imidazole rings is 1. The predicted octanol–water partition coefficient (Wildman–Crippen LogP) is -0.0425. The largest absolute Gasteiger partial charge is 0.390 e. The summed E-state index contributed by atoms with van der Waals surface area (Å²) >= 11 is 1.62. The van der Waals surface area contributed by atoms with Crippen molar-refractivity contribution in [2.45, 2.75) is 50.8 Å². The van der Waals surface area contributed by atoms with Crippen molar-refractivity contribution in [2.24, 2.45) is 0 Å². The molecule has 0 saturated carbocycles. The molecule has 2 aromatic heterocycles. The summed E-state index contributed by atoms with van der Waals surface area (Å²) in [6.07, 6.45) is 1.18. The monoisotopic (exact) mass is 369 g/mol. The van der Waals surface area contributed by atoms with Gasteiger partial charge in [0.1, 0.15) is 11.6 Å². The van der Waals surface area contributed by atoms with Crippen molar-refractivity contribution in [1.82, 2.24) is 19.1 Å². The van der Waals surface area contributed by atoms with Crippen molar-refractivity contribution in [2.75, 3.05) is 17.7 Å². The minimum absolute atomic E-state index is 0.0425. The number of thioether (sulfide) groups is 1. The van der Waals surface area contributed by atoms with Gasteiger partial charge in [-0.3, -0.25) is 4.57 Å². The summed E-state index contributed by atoms with van der Waals surface area (Å²) in [4.78, 5) is 21.1. The summed E-state index contributed by atoms with van der Waals surface area (Å²) in [5.74, 6) is 0.787. The topological polar surface area (TPSA) is 128 Å². The minimum atomic E-state index is -0.917. The molecule has 0 amide bonds. The molecule has 0 spiro atoms. The minimum Gasteiger partial charge on any atom is -0.390 e. The zero-order valence-electron chi connectivity index (χ0n) is 14.2. The third-order valence-corrected chi connectivity index (χ3v) is 5.05. The van der Waals surface area contributed by atoms with Crippen molar-refractivity contribution in [3.05, 3.63) is 16.7 Å². The van der Waals surface area contributed by atoms with Crippen LogP contribution in [0.3, 0.4) is 0 Å². The van der Waals surface area contributed by atoms with Gasteiger partial charge in [0.05, 0.1) is 18.4 Å². The molecule has 138 valence electrons. The van der Waals surface area contributed by atoms with Gasteiger partial charge in [0, 0.05) is 18.7 Å². The predicted molar refractivity (Wildman–Crippen MR) is 95.4 cm³/mol. The van der Waals surface area contributed by atoms with Gasteiger partial charge in [0.2, 0.25) is 5.95 Å². The second kappa shape index (κ2) is 7.32. The Balaban J connectivity index is 2.08. The van der Waals surface area contributed by atoms with Crippen LogP contribution in [-0.4, -0.2) is 59.6 Å². The molecule has 4 atom stereocenters. The normalized spacial score (nSPS) is 24.9. The van der Waals surface area contributed by atoms with Crippen molar-refractivity contribution in [1.29, 1.82) is 0 Å². The number of aromatic nitrogens is 4. The highest BCUT2D eigenvalue weighted by Crippen LogP contribution is 2.32. The van der Waals surface area contributed by atoms with Gasteiger partial charge in [0.15, 0.2) is 11.9 Å². The van der Waals surface area contributed by atoms with Crippen molar-refractivity contribution in [3.8, 4) is 0 Å². The van der Waals surface area contributed by atoms with Gasteiger partial charge in [-0.15, -0.1) is 0 Å². The number of rotatable bonds is 6. The van der Waals surface area contributed by atoms with Crippen LogP contribution in [0.25, 0.3) is 11.2 Å². The number of aryl methyl sites for hydroxylation is 1. The Labute approximate surface area is 148 Å². The summed E-state index contributed by atoms with van der Waals surface area (Å²) in [7, 11) is 0. The Kier molecular flexibility index (Phi) is 5.32. The average molecular weight is 369 g/mol. The quantitative estimate of drug-likeness (QED) is 0.647. The number of nitrogen functional groups attached to an aromatic ring is 1. The molecule has 0 bridgehead atoms. The first kappa shape index (κ1) is 18.2. The number of aliphatic hydroxyl groups excluding tert-OH is 2. The maximum Gasteiger partial charge on any atom is 0.332 e. The van der Waals surface area contributed by atoms with Crippen LogP contribution < -0.4 is 11.4 Å². The molecule has 4 N–H and O–H groups in total. The van der Waals surface area contributed by atoms with E-state index in [1.54, 1.807) is 16.3 Å². The number of hydrogen-bond donors (Lipinski definition) is 3. The van der Waals surface area contributed by atoms with Gasteiger partial charge in [-0.2, -0.15) is 16.7 Å². The first-order chi connectivity index (χ1) is 12.0. The molecule has 10 heteroatoms. The third kappa shape index (κ3) is 3.26. The summed E-state index contributed by atoms with van der Waals surface area (Å²) in [5, 5.41) is 20.4. The van der Waals surface area contributed by atoms with E-state index in [1.807, 2.05) is 13.2 Å². The number of nitrogens with zero attached hydrogens (tertiary/aromatic N) is 4. The molecule has 2 aromatic rings. The highest BCUT2D eigenvalue weighted by atomic mass is 32.2. The molecule has 1 saturated heterocycles. The van der Waals surface area contributed by atoms with Crippen LogP contribution in [0.4, 0.5) is 5.95 Å². The van der Waals surface area contributed by atoms with Crippen molar-refractivity contribution in [3.63, 3.8) is 0 Å². The fraction of sp³-hybridized carbons (Fsp3) is 0.667. The third-order valence-electron chi connectivity index (χ3n) is 4.46. The van der Waals surface area contributed by atoms with Crippen LogP contribution in [0.1, 0.15) is 26.0 Å². The number of hydrogen-bond acceptors (Lipinski definition) is 8. The molecular weight excluding hydrogens is 346 g/mol. The first-order valence-electron chi connectivity index (χ1n) is 8.21. The van der Waals surface area contributed by atoms with E-state index in [0.29, 0.717) is 24.1 Å². The Bertz CT molecular complexity index is 807. The smallest absolute Gasteiger partial charge is 0.332 e. The van der Waals surface area contributed by atoms with Gasteiger partial charge < -0.3 is 20.7 Å². The van der Waals surface area contributed by atoms with E-state index in [0.717, 1.165) is 5.75 Å². The lowest BCUT2D eigenvalue weighted by Gasteiger charge is -2.18. The Morgan fingerprint density at radius 3 is 3.00 bits per heavy atom. The average Bonchev–Trinajstić information content (AvgIpc) is 3.09. The first-order valence-corrected chi connectivity index (χ1v) is 9.61. The number of nitrogens with two attached hydrogens (primary N) is 1. The molecule has 0 aromatic carbocycles.